The molecule has 0 aromatic carbocycles. The highest BCUT2D eigenvalue weighted by atomic mass is 16.4. The molecule has 94 valence electrons. The highest BCUT2D eigenvalue weighted by molar-refractivity contribution is 5.82. The van der Waals surface area contributed by atoms with E-state index >= 15 is 0 Å². The zero-order valence-electron chi connectivity index (χ0n) is 9.90. The third-order valence-corrected chi connectivity index (χ3v) is 2.50. The van der Waals surface area contributed by atoms with E-state index in [0.29, 0.717) is 13.0 Å². The van der Waals surface area contributed by atoms with Crippen LogP contribution in [0.1, 0.15) is 26.2 Å². The van der Waals surface area contributed by atoms with Crippen LogP contribution in [0.3, 0.4) is 0 Å². The molecule has 0 saturated carbocycles. The number of carbonyl (C=O) groups is 2. The van der Waals surface area contributed by atoms with Crippen LogP contribution in [0.2, 0.25) is 0 Å². The second kappa shape index (κ2) is 6.73. The normalized spacial score (nSPS) is 15.9. The van der Waals surface area contributed by atoms with E-state index in [2.05, 4.69) is 10.6 Å². The van der Waals surface area contributed by atoms with Crippen LogP contribution in [0.25, 0.3) is 0 Å². The number of allylic oxidation sites excluding steroid dienone is 3. The summed E-state index contributed by atoms with van der Waals surface area (Å²) in [6.07, 6.45) is 8.02. The predicted octanol–water partition coefficient (Wildman–Crippen LogP) is 1.43. The molecule has 17 heavy (non-hydrogen) atoms. The van der Waals surface area contributed by atoms with Gasteiger partial charge in [0.2, 0.25) is 0 Å². The third-order valence-electron chi connectivity index (χ3n) is 2.50. The van der Waals surface area contributed by atoms with Crippen molar-refractivity contribution in [2.45, 2.75) is 32.2 Å². The molecule has 5 nitrogen and oxygen atoms in total. The first-order valence-corrected chi connectivity index (χ1v) is 5.73. The Morgan fingerprint density at radius 1 is 1.47 bits per heavy atom. The lowest BCUT2D eigenvalue weighted by Gasteiger charge is -2.17. The molecule has 0 aromatic rings. The summed E-state index contributed by atoms with van der Waals surface area (Å²) in [7, 11) is 0. The summed E-state index contributed by atoms with van der Waals surface area (Å²) in [4.78, 5) is 22.3. The van der Waals surface area contributed by atoms with E-state index in [4.69, 9.17) is 5.11 Å². The first kappa shape index (κ1) is 13.3. The Morgan fingerprint density at radius 3 is 2.76 bits per heavy atom. The van der Waals surface area contributed by atoms with Gasteiger partial charge in [-0.3, -0.25) is 0 Å². The summed E-state index contributed by atoms with van der Waals surface area (Å²) in [6, 6.07) is -1.30. The zero-order valence-corrected chi connectivity index (χ0v) is 9.90. The summed E-state index contributed by atoms with van der Waals surface area (Å²) >= 11 is 0. The molecule has 0 spiro atoms. The van der Waals surface area contributed by atoms with E-state index < -0.39 is 18.0 Å². The van der Waals surface area contributed by atoms with Crippen LogP contribution in [-0.2, 0) is 4.79 Å². The topological polar surface area (TPSA) is 78.4 Å². The Bertz CT molecular complexity index is 348. The van der Waals surface area contributed by atoms with Gasteiger partial charge in [-0.1, -0.05) is 23.8 Å². The molecule has 1 atom stereocenters. The number of carboxylic acids is 1. The Hall–Kier alpha value is -1.78. The number of urea groups is 1. The van der Waals surface area contributed by atoms with Gasteiger partial charge in [0, 0.05) is 6.54 Å². The lowest BCUT2D eigenvalue weighted by molar-refractivity contribution is -0.139. The number of amides is 2. The Balaban J connectivity index is 2.51. The van der Waals surface area contributed by atoms with Crippen molar-refractivity contribution in [1.29, 1.82) is 0 Å². The molecule has 0 aliphatic heterocycles. The maximum atomic E-state index is 11.3. The molecule has 0 bridgehead atoms. The largest absolute Gasteiger partial charge is 0.480 e. The molecule has 1 aliphatic rings. The first-order valence-electron chi connectivity index (χ1n) is 5.73. The maximum absolute atomic E-state index is 11.3. The molecule has 3 N–H and O–H groups in total. The summed E-state index contributed by atoms with van der Waals surface area (Å²) in [5.41, 5.74) is 1.05. The fraction of sp³-hybridized carbons (Fsp3) is 0.500. The highest BCUT2D eigenvalue weighted by Crippen LogP contribution is 2.16. The SMILES string of the molecule is CCNC(=O)NC(CC1=CCC=CC1)C(=O)O. The fourth-order valence-electron chi connectivity index (χ4n) is 1.65. The molecule has 2 amide bonds. The van der Waals surface area contributed by atoms with E-state index in [0.717, 1.165) is 18.4 Å². The molecular formula is C12H18N2O3. The number of nitrogens with one attached hydrogen (secondary N) is 2. The minimum absolute atomic E-state index is 0.358. The molecule has 1 aliphatic carbocycles. The van der Waals surface area contributed by atoms with Gasteiger partial charge in [-0.25, -0.2) is 9.59 Å². The molecule has 0 radical (unpaired) electrons. The van der Waals surface area contributed by atoms with Gasteiger partial charge in [-0.15, -0.1) is 0 Å². The minimum atomic E-state index is -1.01. The van der Waals surface area contributed by atoms with Crippen molar-refractivity contribution < 1.29 is 14.7 Å². The van der Waals surface area contributed by atoms with Crippen LogP contribution in [-0.4, -0.2) is 29.7 Å². The molecule has 1 rings (SSSR count). The fourth-order valence-corrected chi connectivity index (χ4v) is 1.65. The average molecular weight is 238 g/mol. The summed E-state index contributed by atoms with van der Waals surface area (Å²) in [5.74, 6) is -1.01. The van der Waals surface area contributed by atoms with E-state index in [-0.39, 0.29) is 0 Å². The number of aliphatic carboxylic acids is 1. The van der Waals surface area contributed by atoms with E-state index in [1.807, 2.05) is 18.2 Å². The van der Waals surface area contributed by atoms with Crippen LogP contribution in [0, 0.1) is 0 Å². The first-order chi connectivity index (χ1) is 8.13. The molecule has 0 aromatic heterocycles. The van der Waals surface area contributed by atoms with Crippen molar-refractivity contribution in [3.8, 4) is 0 Å². The van der Waals surface area contributed by atoms with E-state index in [1.54, 1.807) is 6.92 Å². The molecule has 0 saturated heterocycles. The van der Waals surface area contributed by atoms with Gasteiger partial charge in [0.15, 0.2) is 0 Å². The number of carboxylic acid groups (broad SMARTS) is 1. The van der Waals surface area contributed by atoms with Gasteiger partial charge < -0.3 is 15.7 Å². The quantitative estimate of drug-likeness (QED) is 0.634. The van der Waals surface area contributed by atoms with Crippen molar-refractivity contribution in [1.82, 2.24) is 10.6 Å². The molecule has 0 fully saturated rings. The smallest absolute Gasteiger partial charge is 0.326 e. The average Bonchev–Trinajstić information content (AvgIpc) is 2.29. The molecular weight excluding hydrogens is 220 g/mol. The van der Waals surface area contributed by atoms with Gasteiger partial charge in [0.05, 0.1) is 0 Å². The van der Waals surface area contributed by atoms with Crippen molar-refractivity contribution in [3.05, 3.63) is 23.8 Å². The summed E-state index contributed by atoms with van der Waals surface area (Å²) in [5, 5.41) is 14.0. The van der Waals surface area contributed by atoms with Crippen LogP contribution in [0.4, 0.5) is 4.79 Å². The van der Waals surface area contributed by atoms with E-state index in [1.165, 1.54) is 0 Å². The predicted molar refractivity (Wildman–Crippen MR) is 64.7 cm³/mol. The van der Waals surface area contributed by atoms with Crippen LogP contribution >= 0.6 is 0 Å². The Labute approximate surface area is 101 Å². The molecule has 1 unspecified atom stereocenters. The second-order valence-corrected chi connectivity index (χ2v) is 3.87. The van der Waals surface area contributed by atoms with Gasteiger partial charge in [0.1, 0.15) is 6.04 Å². The maximum Gasteiger partial charge on any atom is 0.326 e. The molecule has 5 heteroatoms. The van der Waals surface area contributed by atoms with Crippen molar-refractivity contribution in [3.63, 3.8) is 0 Å². The van der Waals surface area contributed by atoms with Crippen molar-refractivity contribution in [2.24, 2.45) is 0 Å². The second-order valence-electron chi connectivity index (χ2n) is 3.87. The number of carbonyl (C=O) groups excluding carboxylic acids is 1. The van der Waals surface area contributed by atoms with E-state index in [9.17, 15) is 9.59 Å². The lowest BCUT2D eigenvalue weighted by Crippen LogP contribution is -2.46. The van der Waals surface area contributed by atoms with Gasteiger partial charge in [-0.05, 0) is 26.2 Å². The highest BCUT2D eigenvalue weighted by Gasteiger charge is 2.20. The monoisotopic (exact) mass is 238 g/mol. The summed E-state index contributed by atoms with van der Waals surface area (Å²) < 4.78 is 0. The van der Waals surface area contributed by atoms with Crippen molar-refractivity contribution in [2.75, 3.05) is 6.54 Å². The van der Waals surface area contributed by atoms with Gasteiger partial charge in [0.25, 0.3) is 0 Å². The standard InChI is InChI=1S/C12H18N2O3/c1-2-13-12(17)14-10(11(15)16)8-9-6-4-3-5-7-9/h3-4,7,10H,2,5-6,8H2,1H3,(H,15,16)(H2,13,14,17). The third kappa shape index (κ3) is 4.72. The van der Waals surface area contributed by atoms with Crippen LogP contribution < -0.4 is 10.6 Å². The van der Waals surface area contributed by atoms with Crippen LogP contribution in [0.15, 0.2) is 23.8 Å². The van der Waals surface area contributed by atoms with Crippen molar-refractivity contribution >= 4 is 12.0 Å². The Kier molecular flexibility index (Phi) is 5.26. The number of rotatable bonds is 5. The Morgan fingerprint density at radius 2 is 2.24 bits per heavy atom. The number of hydrogen-bond acceptors (Lipinski definition) is 2. The molecule has 0 heterocycles. The number of hydrogen-bond donors (Lipinski definition) is 3. The lowest BCUT2D eigenvalue weighted by atomic mass is 9.99. The summed E-state index contributed by atoms with van der Waals surface area (Å²) in [6.45, 7) is 2.26. The minimum Gasteiger partial charge on any atom is -0.480 e. The van der Waals surface area contributed by atoms with Gasteiger partial charge in [-0.2, -0.15) is 0 Å². The van der Waals surface area contributed by atoms with Gasteiger partial charge >= 0.3 is 12.0 Å². The zero-order chi connectivity index (χ0) is 12.7. The van der Waals surface area contributed by atoms with Crippen LogP contribution in [0.5, 0.6) is 0 Å².